The van der Waals surface area contributed by atoms with Gasteiger partial charge in [-0.1, -0.05) is 0 Å². The standard InChI is InChI=1S/C18H20N4O6S/c1-11(28-13-6-4-12(5-7-13)22(24)25)17(23)20-21-18(29)19-15-10-14(26-2)8-9-16(15)27-3/h4-11H,1-3H3,(H,20,23)(H2,19,21,29)/t11-/m0/s1. The van der Waals surface area contributed by atoms with Crippen molar-refractivity contribution in [2.24, 2.45) is 0 Å². The zero-order valence-corrected chi connectivity index (χ0v) is 16.7. The Labute approximate surface area is 172 Å². The van der Waals surface area contributed by atoms with Gasteiger partial charge in [-0.05, 0) is 43.4 Å². The van der Waals surface area contributed by atoms with E-state index in [0.29, 0.717) is 22.9 Å². The van der Waals surface area contributed by atoms with E-state index in [-0.39, 0.29) is 10.8 Å². The molecule has 0 heterocycles. The van der Waals surface area contributed by atoms with Crippen LogP contribution in [0.3, 0.4) is 0 Å². The molecule has 2 aromatic rings. The molecule has 0 aromatic heterocycles. The highest BCUT2D eigenvalue weighted by Crippen LogP contribution is 2.28. The molecule has 0 bridgehead atoms. The third-order valence-corrected chi connectivity index (χ3v) is 3.89. The second-order valence-electron chi connectivity index (χ2n) is 5.65. The molecule has 0 aliphatic carbocycles. The lowest BCUT2D eigenvalue weighted by atomic mass is 10.2. The van der Waals surface area contributed by atoms with Gasteiger partial charge in [0.15, 0.2) is 11.2 Å². The normalized spacial score (nSPS) is 11.0. The van der Waals surface area contributed by atoms with Gasteiger partial charge in [0.25, 0.3) is 11.6 Å². The molecule has 0 aliphatic heterocycles. The molecule has 0 fully saturated rings. The minimum absolute atomic E-state index is 0.0690. The number of amides is 1. The van der Waals surface area contributed by atoms with Crippen molar-refractivity contribution < 1.29 is 23.9 Å². The van der Waals surface area contributed by atoms with Crippen LogP contribution in [-0.2, 0) is 4.79 Å². The first-order valence-electron chi connectivity index (χ1n) is 8.34. The maximum atomic E-state index is 12.2. The molecule has 1 atom stereocenters. The number of hydrazine groups is 1. The molecule has 3 N–H and O–H groups in total. The number of hydrogen-bond donors (Lipinski definition) is 3. The number of non-ortho nitro benzene ring substituents is 1. The SMILES string of the molecule is COc1ccc(OC)c(NC(=S)NNC(=O)[C@H](C)Oc2ccc([N+](=O)[O-])cc2)c1. The van der Waals surface area contributed by atoms with Crippen molar-refractivity contribution in [1.29, 1.82) is 0 Å². The van der Waals surface area contributed by atoms with Crippen molar-refractivity contribution in [3.8, 4) is 17.2 Å². The largest absolute Gasteiger partial charge is 0.497 e. The van der Waals surface area contributed by atoms with Crippen LogP contribution in [0.5, 0.6) is 17.2 Å². The average Bonchev–Trinajstić information content (AvgIpc) is 2.72. The number of nitro benzene ring substituents is 1. The molecule has 0 aliphatic rings. The summed E-state index contributed by atoms with van der Waals surface area (Å²) in [7, 11) is 3.05. The summed E-state index contributed by atoms with van der Waals surface area (Å²) in [6.45, 7) is 1.53. The van der Waals surface area contributed by atoms with Gasteiger partial charge in [0.1, 0.15) is 17.2 Å². The number of nitrogens with zero attached hydrogens (tertiary/aromatic N) is 1. The minimum Gasteiger partial charge on any atom is -0.497 e. The van der Waals surface area contributed by atoms with E-state index in [1.54, 1.807) is 18.2 Å². The summed E-state index contributed by atoms with van der Waals surface area (Å²) in [5, 5.41) is 13.7. The zero-order chi connectivity index (χ0) is 21.4. The molecule has 11 heteroatoms. The second-order valence-corrected chi connectivity index (χ2v) is 6.05. The van der Waals surface area contributed by atoms with Gasteiger partial charge in [-0.15, -0.1) is 0 Å². The van der Waals surface area contributed by atoms with E-state index in [4.69, 9.17) is 26.4 Å². The Morgan fingerprint density at radius 2 is 1.72 bits per heavy atom. The van der Waals surface area contributed by atoms with Crippen molar-refractivity contribution >= 4 is 34.6 Å². The molecule has 0 saturated heterocycles. The number of benzene rings is 2. The third-order valence-electron chi connectivity index (χ3n) is 3.68. The number of hydrogen-bond acceptors (Lipinski definition) is 7. The summed E-state index contributed by atoms with van der Waals surface area (Å²) in [6.07, 6.45) is -0.877. The minimum atomic E-state index is -0.877. The molecular weight excluding hydrogens is 400 g/mol. The van der Waals surface area contributed by atoms with Crippen molar-refractivity contribution in [1.82, 2.24) is 10.9 Å². The summed E-state index contributed by atoms with van der Waals surface area (Å²) in [6, 6.07) is 10.5. The molecule has 0 radical (unpaired) electrons. The van der Waals surface area contributed by atoms with Gasteiger partial charge in [-0.2, -0.15) is 0 Å². The Morgan fingerprint density at radius 3 is 2.31 bits per heavy atom. The van der Waals surface area contributed by atoms with Gasteiger partial charge in [0.05, 0.1) is 24.8 Å². The van der Waals surface area contributed by atoms with E-state index in [1.165, 1.54) is 45.4 Å². The summed E-state index contributed by atoms with van der Waals surface area (Å²) < 4.78 is 15.9. The fourth-order valence-corrected chi connectivity index (χ4v) is 2.35. The molecule has 2 aromatic carbocycles. The van der Waals surface area contributed by atoms with Gasteiger partial charge in [0, 0.05) is 18.2 Å². The van der Waals surface area contributed by atoms with Gasteiger partial charge >= 0.3 is 0 Å². The summed E-state index contributed by atoms with van der Waals surface area (Å²) >= 11 is 5.16. The number of nitro groups is 1. The van der Waals surface area contributed by atoms with E-state index in [2.05, 4.69) is 16.2 Å². The average molecular weight is 420 g/mol. The van der Waals surface area contributed by atoms with E-state index >= 15 is 0 Å². The zero-order valence-electron chi connectivity index (χ0n) is 15.9. The fraction of sp³-hybridized carbons (Fsp3) is 0.222. The van der Waals surface area contributed by atoms with Crippen LogP contribution in [0.1, 0.15) is 6.92 Å². The molecule has 2 rings (SSSR count). The Hall–Kier alpha value is -3.60. The predicted molar refractivity (Wildman–Crippen MR) is 110 cm³/mol. The maximum Gasteiger partial charge on any atom is 0.279 e. The van der Waals surface area contributed by atoms with Crippen LogP contribution in [0.2, 0.25) is 0 Å². The fourth-order valence-electron chi connectivity index (χ4n) is 2.19. The van der Waals surface area contributed by atoms with Crippen LogP contribution < -0.4 is 30.4 Å². The maximum absolute atomic E-state index is 12.2. The summed E-state index contributed by atoms with van der Waals surface area (Å²) in [5.74, 6) is 0.964. The number of rotatable bonds is 7. The van der Waals surface area contributed by atoms with E-state index in [9.17, 15) is 14.9 Å². The Bertz CT molecular complexity index is 890. The van der Waals surface area contributed by atoms with E-state index in [1.807, 2.05) is 0 Å². The van der Waals surface area contributed by atoms with Crippen molar-refractivity contribution in [2.45, 2.75) is 13.0 Å². The number of anilines is 1. The molecule has 0 saturated carbocycles. The first-order valence-corrected chi connectivity index (χ1v) is 8.75. The Balaban J connectivity index is 1.87. The number of nitrogens with one attached hydrogen (secondary N) is 3. The second kappa shape index (κ2) is 10.1. The molecule has 154 valence electrons. The van der Waals surface area contributed by atoms with Gasteiger partial charge < -0.3 is 19.5 Å². The third kappa shape index (κ3) is 6.21. The summed E-state index contributed by atoms with van der Waals surface area (Å²) in [4.78, 5) is 22.3. The highest BCUT2D eigenvalue weighted by molar-refractivity contribution is 7.80. The highest BCUT2D eigenvalue weighted by Gasteiger charge is 2.16. The first kappa shape index (κ1) is 21.7. The topological polar surface area (TPSA) is 124 Å². The predicted octanol–water partition coefficient (Wildman–Crippen LogP) is 2.40. The number of carbonyl (C=O) groups is 1. The summed E-state index contributed by atoms with van der Waals surface area (Å²) in [5.41, 5.74) is 5.47. The van der Waals surface area contributed by atoms with Crippen LogP contribution >= 0.6 is 12.2 Å². The monoisotopic (exact) mass is 420 g/mol. The highest BCUT2D eigenvalue weighted by atomic mass is 32.1. The van der Waals surface area contributed by atoms with Crippen molar-refractivity contribution in [2.75, 3.05) is 19.5 Å². The van der Waals surface area contributed by atoms with Crippen molar-refractivity contribution in [3.63, 3.8) is 0 Å². The molecular formula is C18H20N4O6S. The quantitative estimate of drug-likeness (QED) is 0.352. The Morgan fingerprint density at radius 1 is 1.07 bits per heavy atom. The smallest absolute Gasteiger partial charge is 0.279 e. The molecule has 29 heavy (non-hydrogen) atoms. The van der Waals surface area contributed by atoms with E-state index < -0.39 is 16.9 Å². The number of carbonyl (C=O) groups excluding carboxylic acids is 1. The molecule has 1 amide bonds. The van der Waals surface area contributed by atoms with Crippen LogP contribution in [-0.4, -0.2) is 36.3 Å². The number of methoxy groups -OCH3 is 2. The number of thiocarbonyl (C=S) groups is 1. The van der Waals surface area contributed by atoms with Crippen molar-refractivity contribution in [3.05, 3.63) is 52.6 Å². The van der Waals surface area contributed by atoms with Gasteiger partial charge in [-0.25, -0.2) is 0 Å². The molecule has 0 spiro atoms. The lowest BCUT2D eigenvalue weighted by Gasteiger charge is -2.17. The lowest BCUT2D eigenvalue weighted by molar-refractivity contribution is -0.384. The van der Waals surface area contributed by atoms with Crippen LogP contribution in [0.25, 0.3) is 0 Å². The van der Waals surface area contributed by atoms with Crippen LogP contribution in [0, 0.1) is 10.1 Å². The van der Waals surface area contributed by atoms with Gasteiger partial charge in [0.2, 0.25) is 0 Å². The Kier molecular flexibility index (Phi) is 7.54. The van der Waals surface area contributed by atoms with Crippen LogP contribution in [0.15, 0.2) is 42.5 Å². The molecule has 0 unspecified atom stereocenters. The molecule has 10 nitrogen and oxygen atoms in total. The number of ether oxygens (including phenoxy) is 3. The lowest BCUT2D eigenvalue weighted by Crippen LogP contribution is -2.48. The first-order chi connectivity index (χ1) is 13.8. The van der Waals surface area contributed by atoms with Gasteiger partial charge in [-0.3, -0.25) is 25.8 Å². The van der Waals surface area contributed by atoms with E-state index in [0.717, 1.165) is 0 Å². The van der Waals surface area contributed by atoms with Crippen LogP contribution in [0.4, 0.5) is 11.4 Å².